The predicted molar refractivity (Wildman–Crippen MR) is 46.4 cm³/mol. The first kappa shape index (κ1) is 10.1. The van der Waals surface area contributed by atoms with E-state index in [1.54, 1.807) is 6.20 Å². The molecule has 2 nitrogen and oxygen atoms in total. The van der Waals surface area contributed by atoms with Crippen LogP contribution in [0.1, 0.15) is 19.5 Å². The van der Waals surface area contributed by atoms with Crippen LogP contribution in [0.15, 0.2) is 24.4 Å². The van der Waals surface area contributed by atoms with Crippen molar-refractivity contribution >= 4 is 0 Å². The predicted octanol–water partition coefficient (Wildman–Crippen LogP) is 1.64. The van der Waals surface area contributed by atoms with Crippen molar-refractivity contribution in [3.63, 3.8) is 0 Å². The molecule has 0 saturated heterocycles. The van der Waals surface area contributed by atoms with Crippen molar-refractivity contribution in [2.24, 2.45) is 0 Å². The number of nitrogens with zero attached hydrogens (tertiary/aromatic N) is 1. The van der Waals surface area contributed by atoms with Gasteiger partial charge < -0.3 is 5.11 Å². The van der Waals surface area contributed by atoms with Crippen molar-refractivity contribution in [1.29, 1.82) is 0 Å². The molecule has 0 aliphatic carbocycles. The highest BCUT2D eigenvalue weighted by atomic mass is 16.3. The Balaban J connectivity index is 0.000000461. The molecular formula is C9H15NO. The van der Waals surface area contributed by atoms with Crippen molar-refractivity contribution in [2.75, 3.05) is 6.61 Å². The fraction of sp³-hybridized carbons (Fsp3) is 0.444. The van der Waals surface area contributed by atoms with Gasteiger partial charge >= 0.3 is 0 Å². The molecule has 0 aliphatic rings. The van der Waals surface area contributed by atoms with E-state index < -0.39 is 0 Å². The lowest BCUT2D eigenvalue weighted by Gasteiger charge is -1.92. The largest absolute Gasteiger partial charge is 0.396 e. The van der Waals surface area contributed by atoms with Crippen molar-refractivity contribution < 1.29 is 5.11 Å². The van der Waals surface area contributed by atoms with Crippen molar-refractivity contribution in [1.82, 2.24) is 4.98 Å². The fourth-order valence-corrected chi connectivity index (χ4v) is 0.661. The molecule has 0 amide bonds. The van der Waals surface area contributed by atoms with Gasteiger partial charge in [-0.25, -0.2) is 0 Å². The molecule has 0 aromatic carbocycles. The van der Waals surface area contributed by atoms with Crippen LogP contribution in [0.5, 0.6) is 0 Å². The minimum atomic E-state index is 0.178. The van der Waals surface area contributed by atoms with Gasteiger partial charge in [0.2, 0.25) is 0 Å². The molecule has 0 fully saturated rings. The smallest absolute Gasteiger partial charge is 0.0486 e. The van der Waals surface area contributed by atoms with E-state index in [2.05, 4.69) is 4.98 Å². The standard InChI is InChI=1S/C7H9NO.C2H6/c9-6-4-7-3-1-2-5-8-7;1-2/h1-3,5,9H,4,6H2;1-2H3. The molecule has 1 heterocycles. The Morgan fingerprint density at radius 1 is 1.36 bits per heavy atom. The van der Waals surface area contributed by atoms with Gasteiger partial charge in [0.15, 0.2) is 0 Å². The second-order valence-corrected chi connectivity index (χ2v) is 1.79. The van der Waals surface area contributed by atoms with Crippen molar-refractivity contribution in [2.45, 2.75) is 20.3 Å². The summed E-state index contributed by atoms with van der Waals surface area (Å²) in [5.41, 5.74) is 0.944. The van der Waals surface area contributed by atoms with Gasteiger partial charge in [-0.15, -0.1) is 0 Å². The number of aliphatic hydroxyl groups is 1. The van der Waals surface area contributed by atoms with Crippen LogP contribution in [0.25, 0.3) is 0 Å². The Hall–Kier alpha value is -0.890. The maximum Gasteiger partial charge on any atom is 0.0486 e. The zero-order valence-electron chi connectivity index (χ0n) is 7.12. The van der Waals surface area contributed by atoms with Crippen LogP contribution < -0.4 is 0 Å². The van der Waals surface area contributed by atoms with Gasteiger partial charge in [0, 0.05) is 24.9 Å². The summed E-state index contributed by atoms with van der Waals surface area (Å²) in [6, 6.07) is 5.68. The van der Waals surface area contributed by atoms with E-state index in [0.29, 0.717) is 6.42 Å². The van der Waals surface area contributed by atoms with E-state index in [4.69, 9.17) is 5.11 Å². The average molecular weight is 153 g/mol. The van der Waals surface area contributed by atoms with Crippen LogP contribution in [0.3, 0.4) is 0 Å². The second kappa shape index (κ2) is 7.22. The first-order valence-electron chi connectivity index (χ1n) is 3.94. The summed E-state index contributed by atoms with van der Waals surface area (Å²) >= 11 is 0. The maximum absolute atomic E-state index is 8.48. The zero-order valence-corrected chi connectivity index (χ0v) is 7.12. The van der Waals surface area contributed by atoms with E-state index in [-0.39, 0.29) is 6.61 Å². The third-order valence-corrected chi connectivity index (χ3v) is 1.09. The first-order valence-corrected chi connectivity index (χ1v) is 3.94. The Labute approximate surface area is 67.9 Å². The molecule has 62 valence electrons. The number of hydrogen-bond acceptors (Lipinski definition) is 2. The molecule has 1 aromatic heterocycles. The third-order valence-electron chi connectivity index (χ3n) is 1.09. The molecule has 0 aliphatic heterocycles. The molecule has 0 atom stereocenters. The summed E-state index contributed by atoms with van der Waals surface area (Å²) in [6.45, 7) is 4.18. The Bertz CT molecular complexity index is 162. The van der Waals surface area contributed by atoms with Crippen LogP contribution in [-0.2, 0) is 6.42 Å². The molecule has 0 saturated carbocycles. The number of aliphatic hydroxyl groups excluding tert-OH is 1. The quantitative estimate of drug-likeness (QED) is 0.700. The highest BCUT2D eigenvalue weighted by Crippen LogP contribution is 1.91. The van der Waals surface area contributed by atoms with E-state index in [9.17, 15) is 0 Å². The Morgan fingerprint density at radius 3 is 2.55 bits per heavy atom. The summed E-state index contributed by atoms with van der Waals surface area (Å²) in [4.78, 5) is 4.01. The van der Waals surface area contributed by atoms with Gasteiger partial charge in [-0.1, -0.05) is 19.9 Å². The van der Waals surface area contributed by atoms with Gasteiger partial charge in [0.05, 0.1) is 0 Å². The van der Waals surface area contributed by atoms with Crippen LogP contribution in [0.4, 0.5) is 0 Å². The van der Waals surface area contributed by atoms with Crippen molar-refractivity contribution in [3.05, 3.63) is 30.1 Å². The van der Waals surface area contributed by atoms with Gasteiger partial charge in [0.1, 0.15) is 0 Å². The first-order chi connectivity index (χ1) is 5.43. The van der Waals surface area contributed by atoms with Gasteiger partial charge in [-0.2, -0.15) is 0 Å². The number of hydrogen-bond donors (Lipinski definition) is 1. The Kier molecular flexibility index (Phi) is 6.64. The minimum absolute atomic E-state index is 0.178. The number of rotatable bonds is 2. The second-order valence-electron chi connectivity index (χ2n) is 1.79. The number of aromatic nitrogens is 1. The molecule has 0 bridgehead atoms. The summed E-state index contributed by atoms with van der Waals surface area (Å²) in [5.74, 6) is 0. The summed E-state index contributed by atoms with van der Waals surface area (Å²) < 4.78 is 0. The molecule has 11 heavy (non-hydrogen) atoms. The van der Waals surface area contributed by atoms with Crippen LogP contribution in [0.2, 0.25) is 0 Å². The molecule has 2 heteroatoms. The van der Waals surface area contributed by atoms with Crippen LogP contribution in [0, 0.1) is 0 Å². The van der Waals surface area contributed by atoms with Crippen LogP contribution in [-0.4, -0.2) is 16.7 Å². The molecule has 1 rings (SSSR count). The van der Waals surface area contributed by atoms with E-state index in [1.165, 1.54) is 0 Å². The van der Waals surface area contributed by atoms with E-state index in [0.717, 1.165) is 5.69 Å². The zero-order chi connectivity index (χ0) is 8.53. The normalized spacial score (nSPS) is 8.27. The van der Waals surface area contributed by atoms with Gasteiger partial charge in [-0.05, 0) is 12.1 Å². The molecule has 0 unspecified atom stereocenters. The van der Waals surface area contributed by atoms with E-state index in [1.807, 2.05) is 32.0 Å². The SMILES string of the molecule is CC.OCCc1ccccn1. The maximum atomic E-state index is 8.48. The molecule has 0 radical (unpaired) electrons. The summed E-state index contributed by atoms with van der Waals surface area (Å²) in [5, 5.41) is 8.48. The van der Waals surface area contributed by atoms with Gasteiger partial charge in [-0.3, -0.25) is 4.98 Å². The monoisotopic (exact) mass is 153 g/mol. The number of pyridine rings is 1. The third kappa shape index (κ3) is 4.51. The fourth-order valence-electron chi connectivity index (χ4n) is 0.661. The lowest BCUT2D eigenvalue weighted by atomic mass is 10.3. The van der Waals surface area contributed by atoms with Crippen LogP contribution >= 0.6 is 0 Å². The molecule has 1 aromatic rings. The molecule has 1 N–H and O–H groups in total. The van der Waals surface area contributed by atoms with E-state index >= 15 is 0 Å². The topological polar surface area (TPSA) is 33.1 Å². The highest BCUT2D eigenvalue weighted by molar-refractivity contribution is 5.03. The summed E-state index contributed by atoms with van der Waals surface area (Å²) in [6.07, 6.45) is 2.38. The average Bonchev–Trinajstić information content (AvgIpc) is 2.11. The van der Waals surface area contributed by atoms with Crippen molar-refractivity contribution in [3.8, 4) is 0 Å². The van der Waals surface area contributed by atoms with Gasteiger partial charge in [0.25, 0.3) is 0 Å². The summed E-state index contributed by atoms with van der Waals surface area (Å²) in [7, 11) is 0. The highest BCUT2D eigenvalue weighted by Gasteiger charge is 1.87. The minimum Gasteiger partial charge on any atom is -0.396 e. The molecule has 0 spiro atoms. The lowest BCUT2D eigenvalue weighted by Crippen LogP contribution is -1.91. The lowest BCUT2D eigenvalue weighted by molar-refractivity contribution is 0.298. The molecular weight excluding hydrogens is 138 g/mol. The Morgan fingerprint density at radius 2 is 2.09 bits per heavy atom.